The van der Waals surface area contributed by atoms with Crippen LogP contribution in [0.2, 0.25) is 0 Å². The van der Waals surface area contributed by atoms with E-state index in [1.807, 2.05) is 13.8 Å². The van der Waals surface area contributed by atoms with Gasteiger partial charge in [0.15, 0.2) is 0 Å². The van der Waals surface area contributed by atoms with E-state index >= 15 is 0 Å². The van der Waals surface area contributed by atoms with Gasteiger partial charge < -0.3 is 16.0 Å². The van der Waals surface area contributed by atoms with Gasteiger partial charge in [0, 0.05) is 19.0 Å². The average Bonchev–Trinajstić information content (AvgIpc) is 2.76. The van der Waals surface area contributed by atoms with E-state index in [1.165, 1.54) is 0 Å². The summed E-state index contributed by atoms with van der Waals surface area (Å²) in [5.74, 6) is 0.0525. The van der Waals surface area contributed by atoms with Gasteiger partial charge in [0.2, 0.25) is 11.8 Å². The Kier molecular flexibility index (Phi) is 7.91. The second-order valence-corrected chi connectivity index (χ2v) is 4.39. The Balaban J connectivity index is 0.00000256. The third-order valence-corrected chi connectivity index (χ3v) is 2.62. The Hall–Kier alpha value is -0.810. The van der Waals surface area contributed by atoms with Gasteiger partial charge in [0.05, 0.1) is 6.04 Å². The molecular formula is C11H22ClN3O2. The second-order valence-electron chi connectivity index (χ2n) is 4.39. The fraction of sp³-hybridized carbons (Fsp3) is 0.818. The maximum atomic E-state index is 11.5. The van der Waals surface area contributed by atoms with Gasteiger partial charge >= 0.3 is 0 Å². The van der Waals surface area contributed by atoms with E-state index in [1.54, 1.807) is 0 Å². The highest BCUT2D eigenvalue weighted by atomic mass is 35.5. The van der Waals surface area contributed by atoms with E-state index in [2.05, 4.69) is 16.0 Å². The number of rotatable bonds is 5. The fourth-order valence-corrected chi connectivity index (χ4v) is 1.61. The van der Waals surface area contributed by atoms with Crippen LogP contribution in [0.15, 0.2) is 0 Å². The molecule has 0 aromatic heterocycles. The van der Waals surface area contributed by atoms with Crippen molar-refractivity contribution in [2.75, 3.05) is 19.6 Å². The quantitative estimate of drug-likeness (QED) is 0.614. The van der Waals surface area contributed by atoms with Crippen molar-refractivity contribution in [3.05, 3.63) is 0 Å². The molecule has 6 heteroatoms. The van der Waals surface area contributed by atoms with Crippen molar-refractivity contribution in [2.45, 2.75) is 32.7 Å². The molecule has 1 saturated heterocycles. The first kappa shape index (κ1) is 16.2. The minimum atomic E-state index is -0.0409. The topological polar surface area (TPSA) is 70.2 Å². The molecule has 17 heavy (non-hydrogen) atoms. The molecule has 1 aliphatic heterocycles. The predicted molar refractivity (Wildman–Crippen MR) is 69.1 cm³/mol. The second kappa shape index (κ2) is 8.31. The molecule has 1 rings (SSSR count). The van der Waals surface area contributed by atoms with Gasteiger partial charge in [0.1, 0.15) is 0 Å². The Morgan fingerprint density at radius 1 is 1.29 bits per heavy atom. The van der Waals surface area contributed by atoms with Crippen LogP contribution in [0.5, 0.6) is 0 Å². The van der Waals surface area contributed by atoms with E-state index in [0.717, 1.165) is 19.4 Å². The minimum Gasteiger partial charge on any atom is -0.354 e. The molecule has 100 valence electrons. The third-order valence-electron chi connectivity index (χ3n) is 2.62. The summed E-state index contributed by atoms with van der Waals surface area (Å²) in [4.78, 5) is 22.7. The Morgan fingerprint density at radius 3 is 2.47 bits per heavy atom. The normalized spacial score (nSPS) is 18.6. The number of carbonyl (C=O) groups is 2. The van der Waals surface area contributed by atoms with Gasteiger partial charge in [-0.25, -0.2) is 0 Å². The van der Waals surface area contributed by atoms with Crippen LogP contribution in [0, 0.1) is 5.92 Å². The molecular weight excluding hydrogens is 242 g/mol. The average molecular weight is 264 g/mol. The van der Waals surface area contributed by atoms with E-state index in [-0.39, 0.29) is 36.2 Å². The van der Waals surface area contributed by atoms with Crippen LogP contribution < -0.4 is 16.0 Å². The molecule has 0 saturated carbocycles. The van der Waals surface area contributed by atoms with Gasteiger partial charge in [-0.1, -0.05) is 13.8 Å². The number of hydrogen-bond acceptors (Lipinski definition) is 3. The molecule has 0 aromatic carbocycles. The first-order chi connectivity index (χ1) is 7.61. The summed E-state index contributed by atoms with van der Waals surface area (Å²) < 4.78 is 0. The maximum absolute atomic E-state index is 11.5. The summed E-state index contributed by atoms with van der Waals surface area (Å²) in [7, 11) is 0. The molecule has 0 aromatic rings. The van der Waals surface area contributed by atoms with E-state index in [0.29, 0.717) is 13.1 Å². The lowest BCUT2D eigenvalue weighted by atomic mass is 10.2. The van der Waals surface area contributed by atoms with Gasteiger partial charge in [-0.05, 0) is 19.4 Å². The summed E-state index contributed by atoms with van der Waals surface area (Å²) in [6.07, 6.45) is 1.96. The molecule has 0 aliphatic carbocycles. The third kappa shape index (κ3) is 5.89. The number of carbonyl (C=O) groups excluding carboxylic acids is 2. The van der Waals surface area contributed by atoms with E-state index in [9.17, 15) is 9.59 Å². The van der Waals surface area contributed by atoms with Crippen molar-refractivity contribution in [3.8, 4) is 0 Å². The minimum absolute atomic E-state index is 0. The number of amides is 2. The molecule has 1 fully saturated rings. The van der Waals surface area contributed by atoms with Crippen LogP contribution in [0.4, 0.5) is 0 Å². The molecule has 3 N–H and O–H groups in total. The van der Waals surface area contributed by atoms with Gasteiger partial charge in [-0.2, -0.15) is 0 Å². The molecule has 5 nitrogen and oxygen atoms in total. The zero-order valence-electron chi connectivity index (χ0n) is 10.4. The van der Waals surface area contributed by atoms with E-state index < -0.39 is 0 Å². The summed E-state index contributed by atoms with van der Waals surface area (Å²) in [5, 5.41) is 8.68. The predicted octanol–water partition coefficient (Wildman–Crippen LogP) is 0.0486. The summed E-state index contributed by atoms with van der Waals surface area (Å²) >= 11 is 0. The lowest BCUT2D eigenvalue weighted by molar-refractivity contribution is -0.125. The standard InChI is InChI=1S/C11H21N3O2.ClH/c1-8(2)10(15)13-6-7-14-11(16)9-4-3-5-12-9;/h8-9,12H,3-7H2,1-2H3,(H,13,15)(H,14,16);1H/t9-;/m0./s1. The number of hydrogen-bond donors (Lipinski definition) is 3. The molecule has 1 heterocycles. The Bertz CT molecular complexity index is 253. The molecule has 1 atom stereocenters. The first-order valence-electron chi connectivity index (χ1n) is 5.90. The molecule has 0 bridgehead atoms. The molecule has 1 aliphatic rings. The van der Waals surface area contributed by atoms with Crippen molar-refractivity contribution in [1.29, 1.82) is 0 Å². The lowest BCUT2D eigenvalue weighted by Gasteiger charge is -2.12. The number of nitrogens with one attached hydrogen (secondary N) is 3. The zero-order chi connectivity index (χ0) is 12.0. The highest BCUT2D eigenvalue weighted by Gasteiger charge is 2.21. The van der Waals surface area contributed by atoms with Crippen LogP contribution >= 0.6 is 12.4 Å². The Morgan fingerprint density at radius 2 is 1.94 bits per heavy atom. The van der Waals surface area contributed by atoms with Crippen molar-refractivity contribution >= 4 is 24.2 Å². The smallest absolute Gasteiger partial charge is 0.237 e. The number of halogens is 1. The lowest BCUT2D eigenvalue weighted by Crippen LogP contribution is -2.43. The van der Waals surface area contributed by atoms with Crippen LogP contribution in [0.1, 0.15) is 26.7 Å². The molecule has 2 amide bonds. The molecule has 0 radical (unpaired) electrons. The molecule has 0 unspecified atom stereocenters. The first-order valence-corrected chi connectivity index (χ1v) is 5.90. The summed E-state index contributed by atoms with van der Waals surface area (Å²) in [5.41, 5.74) is 0. The van der Waals surface area contributed by atoms with Gasteiger partial charge in [-0.15, -0.1) is 12.4 Å². The van der Waals surface area contributed by atoms with Crippen LogP contribution in [0.3, 0.4) is 0 Å². The fourth-order valence-electron chi connectivity index (χ4n) is 1.61. The van der Waals surface area contributed by atoms with Gasteiger partial charge in [0.25, 0.3) is 0 Å². The molecule has 0 spiro atoms. The Labute approximate surface area is 109 Å². The van der Waals surface area contributed by atoms with Crippen molar-refractivity contribution < 1.29 is 9.59 Å². The van der Waals surface area contributed by atoms with Crippen LogP contribution in [-0.2, 0) is 9.59 Å². The zero-order valence-corrected chi connectivity index (χ0v) is 11.2. The summed E-state index contributed by atoms with van der Waals surface area (Å²) in [6.45, 7) is 5.60. The highest BCUT2D eigenvalue weighted by molar-refractivity contribution is 5.85. The summed E-state index contributed by atoms with van der Waals surface area (Å²) in [6, 6.07) is -0.0409. The van der Waals surface area contributed by atoms with E-state index in [4.69, 9.17) is 0 Å². The van der Waals surface area contributed by atoms with Crippen LogP contribution in [-0.4, -0.2) is 37.5 Å². The van der Waals surface area contributed by atoms with Crippen molar-refractivity contribution in [1.82, 2.24) is 16.0 Å². The van der Waals surface area contributed by atoms with Crippen molar-refractivity contribution in [3.63, 3.8) is 0 Å². The highest BCUT2D eigenvalue weighted by Crippen LogP contribution is 2.03. The van der Waals surface area contributed by atoms with Crippen LogP contribution in [0.25, 0.3) is 0 Å². The maximum Gasteiger partial charge on any atom is 0.237 e. The monoisotopic (exact) mass is 263 g/mol. The SMILES string of the molecule is CC(C)C(=O)NCCNC(=O)[C@@H]1CCCN1.Cl. The van der Waals surface area contributed by atoms with Gasteiger partial charge in [-0.3, -0.25) is 9.59 Å². The van der Waals surface area contributed by atoms with Crippen molar-refractivity contribution in [2.24, 2.45) is 5.92 Å². The largest absolute Gasteiger partial charge is 0.354 e.